The van der Waals surface area contributed by atoms with Gasteiger partial charge in [-0.25, -0.2) is 26.4 Å². The van der Waals surface area contributed by atoms with Gasteiger partial charge in [0.25, 0.3) is 10.0 Å². The van der Waals surface area contributed by atoms with Gasteiger partial charge in [-0.15, -0.1) is 0 Å². The van der Waals surface area contributed by atoms with Gasteiger partial charge < -0.3 is 15.2 Å². The second-order valence-corrected chi connectivity index (χ2v) is 11.7. The molecule has 0 spiro atoms. The molecule has 0 fully saturated rings. The zero-order valence-corrected chi connectivity index (χ0v) is 23.6. The van der Waals surface area contributed by atoms with Crippen molar-refractivity contribution in [3.63, 3.8) is 0 Å². The molecule has 0 aromatic heterocycles. The van der Waals surface area contributed by atoms with E-state index in [1.807, 2.05) is 0 Å². The number of hydrogen-bond acceptors (Lipinski definition) is 5. The average molecular weight is 631 g/mol. The van der Waals surface area contributed by atoms with Crippen molar-refractivity contribution < 1.29 is 41.0 Å². The van der Waals surface area contributed by atoms with Crippen LogP contribution < -0.4 is 14.4 Å². The molecule has 0 saturated carbocycles. The summed E-state index contributed by atoms with van der Waals surface area (Å²) in [5, 5.41) is 11.6. The summed E-state index contributed by atoms with van der Waals surface area (Å²) < 4.78 is 75.3. The van der Waals surface area contributed by atoms with Crippen LogP contribution in [0.3, 0.4) is 0 Å². The van der Waals surface area contributed by atoms with Gasteiger partial charge in [0.15, 0.2) is 0 Å². The van der Waals surface area contributed by atoms with Crippen LogP contribution in [0.4, 0.5) is 18.9 Å². The van der Waals surface area contributed by atoms with Crippen LogP contribution in [0.5, 0.6) is 5.75 Å². The normalized spacial score (nSPS) is 14.3. The number of carboxylic acid groups (broad SMARTS) is 1. The molecule has 1 atom stereocenters. The Labute approximate surface area is 249 Å². The Balaban J connectivity index is 1.32. The summed E-state index contributed by atoms with van der Waals surface area (Å²) in [6.45, 7) is -0.381. The van der Waals surface area contributed by atoms with E-state index in [-0.39, 0.29) is 35.2 Å². The molecule has 0 saturated heterocycles. The Bertz CT molecular complexity index is 1810. The number of carboxylic acids is 1. The number of para-hydroxylation sites is 1. The smallest absolute Gasteiger partial charge is 0.341 e. The Morgan fingerprint density at radius 3 is 2.30 bits per heavy atom. The number of carbonyl (C=O) groups excluding carboxylic acids is 1. The molecule has 1 aliphatic heterocycles. The van der Waals surface area contributed by atoms with Gasteiger partial charge >= 0.3 is 5.97 Å². The first-order valence-electron chi connectivity index (χ1n) is 12.8. The highest BCUT2D eigenvalue weighted by atomic mass is 35.5. The van der Waals surface area contributed by atoms with Crippen LogP contribution in [-0.2, 0) is 21.2 Å². The number of nitrogens with zero attached hydrogens (tertiary/aromatic N) is 1. The summed E-state index contributed by atoms with van der Waals surface area (Å²) in [6, 6.07) is 16.7. The summed E-state index contributed by atoms with van der Waals surface area (Å²) in [6.07, 6.45) is 0.0957. The van der Waals surface area contributed by atoms with E-state index >= 15 is 0 Å². The lowest BCUT2D eigenvalue weighted by molar-refractivity contribution is -0.122. The third-order valence-corrected chi connectivity index (χ3v) is 8.93. The average Bonchev–Trinajstić information content (AvgIpc) is 3.36. The zero-order valence-electron chi connectivity index (χ0n) is 22.1. The maximum Gasteiger partial charge on any atom is 0.341 e. The number of ether oxygens (including phenoxy) is 1. The van der Waals surface area contributed by atoms with E-state index < -0.39 is 51.0 Å². The van der Waals surface area contributed by atoms with Crippen molar-refractivity contribution in [1.29, 1.82) is 0 Å². The lowest BCUT2D eigenvalue weighted by Crippen LogP contribution is -2.48. The number of nitrogens with one attached hydrogen (secondary N) is 1. The highest BCUT2D eigenvalue weighted by molar-refractivity contribution is 7.93. The van der Waals surface area contributed by atoms with Crippen LogP contribution in [0.15, 0.2) is 83.8 Å². The standard InChI is InChI=1S/C30H22ClF3N2O6S/c31-23-14-19(32)7-10-22(23)17-5-8-21(9-6-17)43(40,41)36-26-4-2-1-3-18(26)13-27(36)29(37)35-11-12-42-20-15-24(33)28(30(38)39)25(34)16-20/h1-10,14-16,27H,11-13H2,(H,35,37)(H,38,39)/t27-/m0/s1. The molecule has 0 bridgehead atoms. The molecule has 0 aliphatic carbocycles. The van der Waals surface area contributed by atoms with Gasteiger partial charge in [-0.3, -0.25) is 9.10 Å². The quantitative estimate of drug-likeness (QED) is 0.238. The van der Waals surface area contributed by atoms with Crippen molar-refractivity contribution in [2.45, 2.75) is 17.4 Å². The summed E-state index contributed by atoms with van der Waals surface area (Å²) in [5.41, 5.74) is 0.950. The Morgan fingerprint density at radius 2 is 1.65 bits per heavy atom. The largest absolute Gasteiger partial charge is 0.492 e. The second-order valence-electron chi connectivity index (χ2n) is 9.50. The second kappa shape index (κ2) is 12.0. The molecule has 2 N–H and O–H groups in total. The van der Waals surface area contributed by atoms with Gasteiger partial charge in [-0.2, -0.15) is 0 Å². The molecule has 1 heterocycles. The fourth-order valence-electron chi connectivity index (χ4n) is 4.80. The molecule has 222 valence electrons. The van der Waals surface area contributed by atoms with Crippen molar-refractivity contribution in [2.75, 3.05) is 17.5 Å². The van der Waals surface area contributed by atoms with Crippen molar-refractivity contribution in [2.24, 2.45) is 0 Å². The number of benzene rings is 4. The van der Waals surface area contributed by atoms with Crippen molar-refractivity contribution in [1.82, 2.24) is 5.32 Å². The molecule has 4 aromatic rings. The predicted octanol–water partition coefficient (Wildman–Crippen LogP) is 5.44. The van der Waals surface area contributed by atoms with Crippen LogP contribution in [0.25, 0.3) is 11.1 Å². The fourth-order valence-corrected chi connectivity index (χ4v) is 6.72. The molecule has 43 heavy (non-hydrogen) atoms. The van der Waals surface area contributed by atoms with E-state index in [2.05, 4.69) is 5.32 Å². The topological polar surface area (TPSA) is 113 Å². The highest BCUT2D eigenvalue weighted by Gasteiger charge is 2.42. The molecular weight excluding hydrogens is 609 g/mol. The molecule has 1 amide bonds. The van der Waals surface area contributed by atoms with Gasteiger partial charge in [0.05, 0.1) is 22.2 Å². The molecule has 4 aromatic carbocycles. The Hall–Kier alpha value is -4.55. The Kier molecular flexibility index (Phi) is 8.34. The molecule has 13 heteroatoms. The molecule has 1 aliphatic rings. The van der Waals surface area contributed by atoms with Crippen LogP contribution in [0, 0.1) is 17.5 Å². The van der Waals surface area contributed by atoms with Crippen LogP contribution >= 0.6 is 11.6 Å². The van der Waals surface area contributed by atoms with Gasteiger partial charge in [0, 0.05) is 24.1 Å². The Morgan fingerprint density at radius 1 is 0.977 bits per heavy atom. The number of hydrogen-bond donors (Lipinski definition) is 2. The summed E-state index contributed by atoms with van der Waals surface area (Å²) in [4.78, 5) is 24.1. The van der Waals surface area contributed by atoms with E-state index in [0.717, 1.165) is 10.4 Å². The molecule has 5 rings (SSSR count). The monoisotopic (exact) mass is 630 g/mol. The summed E-state index contributed by atoms with van der Waals surface area (Å²) >= 11 is 6.15. The number of rotatable bonds is 9. The number of fused-ring (bicyclic) bond motifs is 1. The van der Waals surface area contributed by atoms with Crippen LogP contribution in [0.1, 0.15) is 15.9 Å². The van der Waals surface area contributed by atoms with E-state index in [4.69, 9.17) is 21.4 Å². The van der Waals surface area contributed by atoms with E-state index in [1.54, 1.807) is 24.3 Å². The lowest BCUT2D eigenvalue weighted by atomic mass is 10.1. The van der Waals surface area contributed by atoms with E-state index in [0.29, 0.717) is 34.5 Å². The third-order valence-electron chi connectivity index (χ3n) is 6.78. The number of halogens is 4. The highest BCUT2D eigenvalue weighted by Crippen LogP contribution is 2.37. The van der Waals surface area contributed by atoms with Gasteiger partial charge in [-0.1, -0.05) is 41.9 Å². The van der Waals surface area contributed by atoms with E-state index in [9.17, 15) is 31.2 Å². The first-order valence-corrected chi connectivity index (χ1v) is 14.6. The minimum atomic E-state index is -4.24. The first kappa shape index (κ1) is 29.9. The number of aromatic carboxylic acids is 1. The molecule has 0 radical (unpaired) electrons. The molecule has 8 nitrogen and oxygen atoms in total. The van der Waals surface area contributed by atoms with Crippen molar-refractivity contribution in [3.8, 4) is 16.9 Å². The molecular formula is C30H22ClF3N2O6S. The maximum atomic E-state index is 13.9. The number of sulfonamides is 1. The lowest BCUT2D eigenvalue weighted by Gasteiger charge is -2.26. The predicted molar refractivity (Wildman–Crippen MR) is 152 cm³/mol. The molecule has 0 unspecified atom stereocenters. The van der Waals surface area contributed by atoms with Crippen LogP contribution in [0.2, 0.25) is 5.02 Å². The fraction of sp³-hybridized carbons (Fsp3) is 0.133. The number of anilines is 1. The SMILES string of the molecule is O=C(O)c1c(F)cc(OCCNC(=O)[C@@H]2Cc3ccccc3N2S(=O)(=O)c2ccc(-c3ccc(F)cc3Cl)cc2)cc1F. The zero-order chi connectivity index (χ0) is 30.9. The number of carbonyl (C=O) groups is 2. The van der Waals surface area contributed by atoms with Gasteiger partial charge in [-0.05, 0) is 47.5 Å². The van der Waals surface area contributed by atoms with Crippen LogP contribution in [-0.4, -0.2) is 44.6 Å². The van der Waals surface area contributed by atoms with Crippen molar-refractivity contribution >= 4 is 39.2 Å². The van der Waals surface area contributed by atoms with E-state index in [1.165, 1.54) is 36.4 Å². The maximum absolute atomic E-state index is 13.9. The minimum absolute atomic E-state index is 0.0822. The van der Waals surface area contributed by atoms with Gasteiger partial charge in [0.1, 0.15) is 41.4 Å². The summed E-state index contributed by atoms with van der Waals surface area (Å²) in [5.74, 6) is -5.81. The minimum Gasteiger partial charge on any atom is -0.492 e. The summed E-state index contributed by atoms with van der Waals surface area (Å²) in [7, 11) is -4.24. The third kappa shape index (κ3) is 6.02. The first-order chi connectivity index (χ1) is 20.5. The van der Waals surface area contributed by atoms with Gasteiger partial charge in [0.2, 0.25) is 5.91 Å². The number of amides is 1. The van der Waals surface area contributed by atoms with Crippen molar-refractivity contribution in [3.05, 3.63) is 112 Å².